The van der Waals surface area contributed by atoms with E-state index in [0.717, 1.165) is 25.4 Å². The summed E-state index contributed by atoms with van der Waals surface area (Å²) in [6, 6.07) is 0. The van der Waals surface area contributed by atoms with Crippen LogP contribution in [-0.4, -0.2) is 35.7 Å². The Labute approximate surface area is 132 Å². The summed E-state index contributed by atoms with van der Waals surface area (Å²) in [7, 11) is 0. The van der Waals surface area contributed by atoms with Gasteiger partial charge in [-0.25, -0.2) is 0 Å². The summed E-state index contributed by atoms with van der Waals surface area (Å²) in [5, 5.41) is 9.39. The van der Waals surface area contributed by atoms with Gasteiger partial charge in [0.25, 0.3) is 0 Å². The maximum Gasteiger partial charge on any atom is 0.0679 e. The van der Waals surface area contributed by atoms with Crippen LogP contribution in [0.5, 0.6) is 0 Å². The molecule has 1 aliphatic heterocycles. The zero-order valence-corrected chi connectivity index (χ0v) is 14.5. The molecule has 1 saturated carbocycles. The van der Waals surface area contributed by atoms with E-state index >= 15 is 0 Å². The van der Waals surface area contributed by atoms with Crippen LogP contribution in [0.15, 0.2) is 0 Å². The predicted octanol–water partition coefficient (Wildman–Crippen LogP) is 3.05. The number of likely N-dealkylation sites (tertiary alicyclic amines) is 1. The molecule has 0 bridgehead atoms. The van der Waals surface area contributed by atoms with Crippen LogP contribution in [0.1, 0.15) is 58.8 Å². The minimum absolute atomic E-state index is 0. The van der Waals surface area contributed by atoms with Crippen molar-refractivity contribution in [3.63, 3.8) is 0 Å². The Kier molecular flexibility index (Phi) is 11.6. The summed E-state index contributed by atoms with van der Waals surface area (Å²) in [5.41, 5.74) is 0. The van der Waals surface area contributed by atoms with Gasteiger partial charge in [0.2, 0.25) is 0 Å². The molecule has 1 saturated heterocycles. The fourth-order valence-electron chi connectivity index (χ4n) is 2.71. The second-order valence-corrected chi connectivity index (χ2v) is 5.41. The van der Waals surface area contributed by atoms with Crippen LogP contribution < -0.4 is 0 Å². The van der Waals surface area contributed by atoms with Gasteiger partial charge in [0.1, 0.15) is 0 Å². The molecule has 17 heavy (non-hydrogen) atoms. The van der Waals surface area contributed by atoms with E-state index < -0.39 is 0 Å². The molecule has 1 atom stereocenters. The minimum Gasteiger partial charge on any atom is -0.392 e. The SMILES string of the molecule is CCC.OC1CCN(CC2CCCCC2)C1.[Y]. The Morgan fingerprint density at radius 2 is 1.65 bits per heavy atom. The number of nitrogens with zero attached hydrogens (tertiary/aromatic N) is 1. The van der Waals surface area contributed by atoms with Crippen LogP contribution in [0.25, 0.3) is 0 Å². The van der Waals surface area contributed by atoms with Gasteiger partial charge in [0.05, 0.1) is 6.10 Å². The molecule has 1 radical (unpaired) electrons. The predicted molar refractivity (Wildman–Crippen MR) is 69.6 cm³/mol. The number of aliphatic hydroxyl groups excluding tert-OH is 1. The maximum absolute atomic E-state index is 9.39. The van der Waals surface area contributed by atoms with Crippen molar-refractivity contribution in [2.24, 2.45) is 5.92 Å². The molecule has 2 nitrogen and oxygen atoms in total. The number of aliphatic hydroxyl groups is 1. The standard InChI is InChI=1S/C11H21NO.C3H8.Y/c13-11-6-7-12(9-11)8-10-4-2-1-3-5-10;1-3-2;/h10-11,13H,1-9H2;3H2,1-2H3;. The van der Waals surface area contributed by atoms with E-state index in [9.17, 15) is 5.11 Å². The molecule has 2 aliphatic rings. The van der Waals surface area contributed by atoms with Gasteiger partial charge in [-0.3, -0.25) is 0 Å². The minimum atomic E-state index is -0.0383. The van der Waals surface area contributed by atoms with Crippen LogP contribution in [-0.2, 0) is 32.7 Å². The van der Waals surface area contributed by atoms with Gasteiger partial charge in [-0.15, -0.1) is 0 Å². The van der Waals surface area contributed by atoms with E-state index in [0.29, 0.717) is 0 Å². The van der Waals surface area contributed by atoms with Crippen molar-refractivity contribution in [2.45, 2.75) is 64.9 Å². The molecule has 99 valence electrons. The molecule has 1 aliphatic carbocycles. The average molecular weight is 316 g/mol. The van der Waals surface area contributed by atoms with Crippen molar-refractivity contribution < 1.29 is 37.8 Å². The molecular formula is C14H29NOY. The van der Waals surface area contributed by atoms with Gasteiger partial charge < -0.3 is 10.0 Å². The second-order valence-electron chi connectivity index (χ2n) is 5.41. The Morgan fingerprint density at radius 1 is 1.06 bits per heavy atom. The Morgan fingerprint density at radius 3 is 2.12 bits per heavy atom. The molecule has 2 fully saturated rings. The average Bonchev–Trinajstić information content (AvgIpc) is 2.67. The zero-order chi connectivity index (χ0) is 11.8. The van der Waals surface area contributed by atoms with E-state index in [1.54, 1.807) is 0 Å². The monoisotopic (exact) mass is 316 g/mol. The van der Waals surface area contributed by atoms with E-state index in [1.165, 1.54) is 45.1 Å². The fraction of sp³-hybridized carbons (Fsp3) is 1.00. The van der Waals surface area contributed by atoms with Gasteiger partial charge in [0, 0.05) is 52.3 Å². The van der Waals surface area contributed by atoms with Gasteiger partial charge in [-0.05, 0) is 25.2 Å². The molecule has 0 aromatic rings. The summed E-state index contributed by atoms with van der Waals surface area (Å²) >= 11 is 0. The number of hydrogen-bond donors (Lipinski definition) is 1. The number of hydrogen-bond acceptors (Lipinski definition) is 2. The molecule has 1 N–H and O–H groups in total. The van der Waals surface area contributed by atoms with E-state index in [-0.39, 0.29) is 38.8 Å². The van der Waals surface area contributed by atoms with Crippen LogP contribution >= 0.6 is 0 Å². The fourth-order valence-corrected chi connectivity index (χ4v) is 2.71. The van der Waals surface area contributed by atoms with Gasteiger partial charge in [-0.1, -0.05) is 39.5 Å². The van der Waals surface area contributed by atoms with E-state index in [1.807, 2.05) is 0 Å². The summed E-state index contributed by atoms with van der Waals surface area (Å²) in [4.78, 5) is 2.45. The first-order valence-electron chi connectivity index (χ1n) is 7.16. The van der Waals surface area contributed by atoms with Crippen molar-refractivity contribution in [1.29, 1.82) is 0 Å². The zero-order valence-electron chi connectivity index (χ0n) is 11.7. The third-order valence-corrected chi connectivity index (χ3v) is 3.49. The quantitative estimate of drug-likeness (QED) is 0.846. The molecule has 0 aromatic heterocycles. The summed E-state index contributed by atoms with van der Waals surface area (Å²) in [6.07, 6.45) is 9.36. The van der Waals surface area contributed by atoms with E-state index in [4.69, 9.17) is 0 Å². The first kappa shape index (κ1) is 18.0. The molecule has 0 spiro atoms. The number of β-amino-alcohol motifs (C(OH)–C–C–N with tert-alkyl or cyclic N) is 1. The Bertz CT molecular complexity index is 169. The summed E-state index contributed by atoms with van der Waals surface area (Å²) in [5.74, 6) is 0.930. The molecule has 1 heterocycles. The maximum atomic E-state index is 9.39. The molecular weight excluding hydrogens is 287 g/mol. The molecule has 3 heteroatoms. The first-order chi connectivity index (χ1) is 7.76. The smallest absolute Gasteiger partial charge is 0.0679 e. The summed E-state index contributed by atoms with van der Waals surface area (Å²) in [6.45, 7) is 7.55. The first-order valence-corrected chi connectivity index (χ1v) is 7.16. The van der Waals surface area contributed by atoms with Crippen LogP contribution in [0, 0.1) is 5.92 Å². The molecule has 2 rings (SSSR count). The van der Waals surface area contributed by atoms with Crippen LogP contribution in [0.4, 0.5) is 0 Å². The largest absolute Gasteiger partial charge is 0.392 e. The topological polar surface area (TPSA) is 23.5 Å². The van der Waals surface area contributed by atoms with Crippen molar-refractivity contribution in [3.8, 4) is 0 Å². The second kappa shape index (κ2) is 10.9. The van der Waals surface area contributed by atoms with Crippen molar-refractivity contribution in [3.05, 3.63) is 0 Å². The van der Waals surface area contributed by atoms with Gasteiger partial charge in [-0.2, -0.15) is 0 Å². The van der Waals surface area contributed by atoms with Crippen LogP contribution in [0.2, 0.25) is 0 Å². The Balaban J connectivity index is 0.000000583. The molecule has 0 amide bonds. The normalized spacial score (nSPS) is 25.9. The third kappa shape index (κ3) is 7.92. The van der Waals surface area contributed by atoms with Crippen LogP contribution in [0.3, 0.4) is 0 Å². The third-order valence-electron chi connectivity index (χ3n) is 3.49. The van der Waals surface area contributed by atoms with Crippen molar-refractivity contribution in [1.82, 2.24) is 4.90 Å². The van der Waals surface area contributed by atoms with Gasteiger partial charge in [0.15, 0.2) is 0 Å². The van der Waals surface area contributed by atoms with Crippen molar-refractivity contribution >= 4 is 0 Å². The molecule has 0 aromatic carbocycles. The molecule has 1 unspecified atom stereocenters. The van der Waals surface area contributed by atoms with E-state index in [2.05, 4.69) is 18.7 Å². The summed E-state index contributed by atoms with van der Waals surface area (Å²) < 4.78 is 0. The Hall–Kier alpha value is 1.02. The van der Waals surface area contributed by atoms with Crippen molar-refractivity contribution in [2.75, 3.05) is 19.6 Å². The number of rotatable bonds is 2. The van der Waals surface area contributed by atoms with Gasteiger partial charge >= 0.3 is 0 Å².